The van der Waals surface area contributed by atoms with E-state index in [4.69, 9.17) is 13.8 Å². The Hall–Kier alpha value is -0.110. The van der Waals surface area contributed by atoms with Gasteiger partial charge in [-0.05, 0) is 85.8 Å². The molecule has 1 aliphatic heterocycles. The van der Waals surface area contributed by atoms with Crippen LogP contribution in [0.4, 0.5) is 0 Å². The van der Waals surface area contributed by atoms with Gasteiger partial charge in [0.1, 0.15) is 6.61 Å². The Kier molecular flexibility index (Phi) is 12.4. The molecule has 9 heteroatoms. The number of hydrogen-bond donors (Lipinski definition) is 0. The molecule has 33 heavy (non-hydrogen) atoms. The van der Waals surface area contributed by atoms with Gasteiger partial charge in [-0.3, -0.25) is 13.8 Å². The molecule has 0 amide bonds. The van der Waals surface area contributed by atoms with Crippen molar-refractivity contribution in [3.05, 3.63) is 0 Å². The molecule has 0 aromatic rings. The van der Waals surface area contributed by atoms with E-state index in [-0.39, 0.29) is 12.6 Å². The Labute approximate surface area is 206 Å². The first kappa shape index (κ1) is 30.9. The van der Waals surface area contributed by atoms with E-state index in [1.54, 1.807) is 0 Å². The lowest BCUT2D eigenvalue weighted by molar-refractivity contribution is -0.153. The summed E-state index contributed by atoms with van der Waals surface area (Å²) in [6, 6.07) is 0. The van der Waals surface area contributed by atoms with Crippen LogP contribution in [0.5, 0.6) is 0 Å². The van der Waals surface area contributed by atoms with E-state index in [0.717, 1.165) is 63.4 Å². The van der Waals surface area contributed by atoms with Gasteiger partial charge >= 0.3 is 12.8 Å². The fourth-order valence-corrected chi connectivity index (χ4v) is 7.86. The summed E-state index contributed by atoms with van der Waals surface area (Å²) in [5, 5.41) is 0. The molecule has 0 N–H and O–H groups in total. The molecular formula is C24H49N2O5PS. The minimum atomic E-state index is -3.43. The van der Waals surface area contributed by atoms with Crippen LogP contribution >= 0.6 is 18.2 Å². The van der Waals surface area contributed by atoms with Crippen molar-refractivity contribution >= 4 is 24.1 Å². The number of piperazine rings is 1. The minimum Gasteiger partial charge on any atom is -0.464 e. The number of nitrogens with zero attached hydrogens (tertiary/aromatic N) is 2. The summed E-state index contributed by atoms with van der Waals surface area (Å²) >= 11 is 1.13. The Morgan fingerprint density at radius 2 is 1.52 bits per heavy atom. The van der Waals surface area contributed by atoms with Crippen LogP contribution in [0.3, 0.4) is 0 Å². The molecule has 0 radical (unpaired) electrons. The highest BCUT2D eigenvalue weighted by Crippen LogP contribution is 2.65. The van der Waals surface area contributed by atoms with Crippen molar-refractivity contribution in [1.29, 1.82) is 0 Å². The second-order valence-electron chi connectivity index (χ2n) is 11.0. The Balaban J connectivity index is 2.57. The molecule has 0 aromatic heterocycles. The summed E-state index contributed by atoms with van der Waals surface area (Å²) in [6.45, 7) is 17.5. The van der Waals surface area contributed by atoms with E-state index >= 15 is 0 Å². The third-order valence-corrected chi connectivity index (χ3v) is 10.2. The van der Waals surface area contributed by atoms with Gasteiger partial charge in [0, 0.05) is 31.9 Å². The summed E-state index contributed by atoms with van der Waals surface area (Å²) in [4.78, 5) is 17.4. The predicted octanol–water partition coefficient (Wildman–Crippen LogP) is 5.84. The van der Waals surface area contributed by atoms with E-state index in [0.29, 0.717) is 12.2 Å². The highest BCUT2D eigenvalue weighted by Gasteiger charge is 2.38. The maximum atomic E-state index is 13.6. The second kappa shape index (κ2) is 13.3. The van der Waals surface area contributed by atoms with Gasteiger partial charge < -0.3 is 14.5 Å². The van der Waals surface area contributed by atoms with E-state index in [9.17, 15) is 9.36 Å². The first-order valence-electron chi connectivity index (χ1n) is 12.4. The van der Waals surface area contributed by atoms with Crippen LogP contribution in [0.25, 0.3) is 0 Å². The van der Waals surface area contributed by atoms with Crippen molar-refractivity contribution in [3.63, 3.8) is 0 Å². The number of likely N-dealkylation sites (N-methyl/N-ethyl adjacent to an activating group) is 1. The molecule has 1 heterocycles. The molecule has 1 rings (SSSR count). The zero-order valence-corrected chi connectivity index (χ0v) is 24.3. The van der Waals surface area contributed by atoms with Crippen LogP contribution in [-0.4, -0.2) is 79.1 Å². The van der Waals surface area contributed by atoms with Crippen molar-refractivity contribution in [3.8, 4) is 0 Å². The fraction of sp³-hybridized carbons (Fsp3) is 0.958. The molecule has 1 saturated heterocycles. The van der Waals surface area contributed by atoms with Gasteiger partial charge in [0.05, 0.1) is 16.6 Å². The lowest BCUT2D eigenvalue weighted by Gasteiger charge is -2.34. The Morgan fingerprint density at radius 3 is 2.06 bits per heavy atom. The molecule has 1 aliphatic rings. The largest absolute Gasteiger partial charge is 0.464 e. The van der Waals surface area contributed by atoms with Crippen LogP contribution in [0.15, 0.2) is 0 Å². The maximum Gasteiger partial charge on any atom is 0.390 e. The summed E-state index contributed by atoms with van der Waals surface area (Å²) in [7, 11) is 2.14. The average Bonchev–Trinajstić information content (AvgIpc) is 2.69. The van der Waals surface area contributed by atoms with Crippen LogP contribution in [0.2, 0.25) is 0 Å². The molecule has 0 aliphatic carbocycles. The molecule has 0 aromatic carbocycles. The second-order valence-corrected chi connectivity index (χ2v) is 15.0. The summed E-state index contributed by atoms with van der Waals surface area (Å²) < 4.78 is 31.2. The van der Waals surface area contributed by atoms with Crippen LogP contribution in [-0.2, 0) is 23.1 Å². The number of carbonyl (C=O) groups excluding carboxylic acids is 1. The lowest BCUT2D eigenvalue weighted by Crippen LogP contribution is -2.45. The summed E-state index contributed by atoms with van der Waals surface area (Å²) in [6.07, 6.45) is 3.18. The Bertz CT molecular complexity index is 649. The van der Waals surface area contributed by atoms with E-state index < -0.39 is 23.4 Å². The first-order chi connectivity index (χ1) is 15.1. The quantitative estimate of drug-likeness (QED) is 0.155. The van der Waals surface area contributed by atoms with E-state index in [1.807, 2.05) is 48.5 Å². The van der Waals surface area contributed by atoms with Crippen LogP contribution < -0.4 is 0 Å². The third kappa shape index (κ3) is 11.9. The smallest absolute Gasteiger partial charge is 0.390 e. The van der Waals surface area contributed by atoms with Crippen molar-refractivity contribution in [1.82, 2.24) is 9.80 Å². The maximum absolute atomic E-state index is 13.6. The van der Waals surface area contributed by atoms with Gasteiger partial charge in [-0.2, -0.15) is 0 Å². The predicted molar refractivity (Wildman–Crippen MR) is 139 cm³/mol. The van der Waals surface area contributed by atoms with E-state index in [1.165, 1.54) is 0 Å². The van der Waals surface area contributed by atoms with Crippen LogP contribution in [0.1, 0.15) is 81.1 Å². The topological polar surface area (TPSA) is 68.3 Å². The lowest BCUT2D eigenvalue weighted by atomic mass is 9.89. The van der Waals surface area contributed by atoms with Gasteiger partial charge in [-0.25, -0.2) is 4.57 Å². The number of hydrogen-bond acceptors (Lipinski definition) is 8. The molecule has 1 unspecified atom stereocenters. The van der Waals surface area contributed by atoms with Gasteiger partial charge in [0.15, 0.2) is 0 Å². The molecule has 0 spiro atoms. The van der Waals surface area contributed by atoms with Crippen LogP contribution in [0, 0.1) is 5.41 Å². The molecular weight excluding hydrogens is 459 g/mol. The van der Waals surface area contributed by atoms with Crippen molar-refractivity contribution in [2.45, 2.75) is 92.3 Å². The average molecular weight is 509 g/mol. The summed E-state index contributed by atoms with van der Waals surface area (Å²) in [5.41, 5.74) is -1.67. The molecule has 1 fully saturated rings. The molecule has 0 bridgehead atoms. The van der Waals surface area contributed by atoms with Crippen molar-refractivity contribution in [2.75, 3.05) is 52.1 Å². The highest BCUT2D eigenvalue weighted by atomic mass is 32.7. The monoisotopic (exact) mass is 508 g/mol. The fourth-order valence-electron chi connectivity index (χ4n) is 3.48. The first-order valence-corrected chi connectivity index (χ1v) is 15.5. The molecule has 1 atom stereocenters. The molecule has 0 saturated carbocycles. The third-order valence-electron chi connectivity index (χ3n) is 6.19. The van der Waals surface area contributed by atoms with Crippen molar-refractivity contribution < 1.29 is 23.1 Å². The number of rotatable bonds is 15. The van der Waals surface area contributed by atoms with Gasteiger partial charge in [-0.15, -0.1) is 0 Å². The van der Waals surface area contributed by atoms with Gasteiger partial charge in [0.2, 0.25) is 0 Å². The van der Waals surface area contributed by atoms with Crippen molar-refractivity contribution in [2.24, 2.45) is 5.41 Å². The minimum absolute atomic E-state index is 0.179. The Morgan fingerprint density at radius 1 is 0.939 bits per heavy atom. The SMILES string of the molecule is CCCC(C)(C)OP(=O)(OC(C)(C)CC)SCCOC(=O)C(C)(C)CCN1CCN(C)CC1. The number of esters is 1. The number of ether oxygens (including phenoxy) is 1. The van der Waals surface area contributed by atoms with Gasteiger partial charge in [-0.1, -0.05) is 20.3 Å². The normalized spacial score (nSPS) is 18.8. The number of carbonyl (C=O) groups is 1. The van der Waals surface area contributed by atoms with Gasteiger partial charge in [0.25, 0.3) is 0 Å². The zero-order chi connectivity index (χ0) is 25.3. The zero-order valence-electron chi connectivity index (χ0n) is 22.6. The standard InChI is InChI=1S/C24H49N2O5PS/c1-10-12-24(7,8)31-32(28,30-23(5,6)11-2)33-20-19-29-21(27)22(3,4)13-14-26-17-15-25(9)16-18-26/h10-20H2,1-9H3. The molecule has 7 nitrogen and oxygen atoms in total. The highest BCUT2D eigenvalue weighted by molar-refractivity contribution is 8.55. The molecule has 196 valence electrons. The summed E-state index contributed by atoms with van der Waals surface area (Å²) in [5.74, 6) is 0.147. The van der Waals surface area contributed by atoms with E-state index in [2.05, 4.69) is 23.8 Å².